The fourth-order valence-electron chi connectivity index (χ4n) is 3.69. The molecule has 0 amide bonds. The van der Waals surface area contributed by atoms with Crippen LogP contribution < -0.4 is 15.8 Å². The first kappa shape index (κ1) is 19.1. The van der Waals surface area contributed by atoms with E-state index in [4.69, 9.17) is 4.74 Å². The lowest BCUT2D eigenvalue weighted by molar-refractivity contribution is 0.0529. The van der Waals surface area contributed by atoms with Gasteiger partial charge in [0.1, 0.15) is 18.0 Å². The smallest absolute Gasteiger partial charge is 0.259 e. The highest BCUT2D eigenvalue weighted by Crippen LogP contribution is 2.27. The van der Waals surface area contributed by atoms with Crippen LogP contribution in [0.25, 0.3) is 22.0 Å². The summed E-state index contributed by atoms with van der Waals surface area (Å²) in [6, 6.07) is 7.60. The van der Waals surface area contributed by atoms with E-state index in [0.29, 0.717) is 23.5 Å². The number of nitrogens with one attached hydrogen (secondary N) is 2. The lowest BCUT2D eigenvalue weighted by atomic mass is 10.1. The average Bonchev–Trinajstić information content (AvgIpc) is 2.80. The van der Waals surface area contributed by atoms with E-state index in [1.165, 1.54) is 6.33 Å². The highest BCUT2D eigenvalue weighted by molar-refractivity contribution is 5.95. The second-order valence-electron chi connectivity index (χ2n) is 7.41. The SMILES string of the molecule is C[C@@H]1CN(c2ccc(Nc3nc(-c4cncnc4)cc4cc[nH]c(=O)c34)cn2)CCO1. The summed E-state index contributed by atoms with van der Waals surface area (Å²) in [5, 5.41) is 4.51. The van der Waals surface area contributed by atoms with Crippen LogP contribution in [0, 0.1) is 0 Å². The monoisotopic (exact) mass is 415 g/mol. The first-order chi connectivity index (χ1) is 15.2. The molecule has 156 valence electrons. The first-order valence-corrected chi connectivity index (χ1v) is 10.0. The Kier molecular flexibility index (Phi) is 5.01. The van der Waals surface area contributed by atoms with Gasteiger partial charge in [-0.1, -0.05) is 0 Å². The molecular formula is C22H21N7O2. The Morgan fingerprint density at radius 2 is 2.06 bits per heavy atom. The number of rotatable bonds is 4. The summed E-state index contributed by atoms with van der Waals surface area (Å²) < 4.78 is 5.60. The van der Waals surface area contributed by atoms with Crippen molar-refractivity contribution in [1.29, 1.82) is 0 Å². The number of H-pyrrole nitrogens is 1. The molecule has 0 aliphatic carbocycles. The number of morpholine rings is 1. The van der Waals surface area contributed by atoms with Gasteiger partial charge in [-0.25, -0.2) is 19.9 Å². The molecule has 0 unspecified atom stereocenters. The van der Waals surface area contributed by atoms with Crippen molar-refractivity contribution in [2.45, 2.75) is 13.0 Å². The lowest BCUT2D eigenvalue weighted by Crippen LogP contribution is -2.41. The van der Waals surface area contributed by atoms with Crippen molar-refractivity contribution < 1.29 is 4.74 Å². The molecule has 5 rings (SSSR count). The van der Waals surface area contributed by atoms with Crippen molar-refractivity contribution >= 4 is 28.1 Å². The molecule has 0 spiro atoms. The molecule has 0 saturated carbocycles. The maximum absolute atomic E-state index is 12.5. The third kappa shape index (κ3) is 3.95. The minimum Gasteiger partial charge on any atom is -0.375 e. The number of aromatic amines is 1. The molecule has 1 aliphatic heterocycles. The van der Waals surface area contributed by atoms with Gasteiger partial charge in [0.25, 0.3) is 5.56 Å². The summed E-state index contributed by atoms with van der Waals surface area (Å²) in [5.41, 5.74) is 1.97. The molecule has 0 bridgehead atoms. The molecule has 5 heterocycles. The van der Waals surface area contributed by atoms with Crippen LogP contribution in [0.4, 0.5) is 17.3 Å². The van der Waals surface area contributed by atoms with Gasteiger partial charge in [-0.05, 0) is 36.6 Å². The maximum atomic E-state index is 12.5. The van der Waals surface area contributed by atoms with Crippen LogP contribution in [0.1, 0.15) is 6.92 Å². The van der Waals surface area contributed by atoms with E-state index in [1.54, 1.807) is 24.8 Å². The van der Waals surface area contributed by atoms with Crippen molar-refractivity contribution in [3.8, 4) is 11.3 Å². The molecule has 9 heteroatoms. The van der Waals surface area contributed by atoms with Crippen molar-refractivity contribution in [2.24, 2.45) is 0 Å². The predicted molar refractivity (Wildman–Crippen MR) is 119 cm³/mol. The van der Waals surface area contributed by atoms with Gasteiger partial charge in [-0.15, -0.1) is 0 Å². The first-order valence-electron chi connectivity index (χ1n) is 10.0. The summed E-state index contributed by atoms with van der Waals surface area (Å²) in [4.78, 5) is 34.9. The zero-order valence-electron chi connectivity index (χ0n) is 16.9. The van der Waals surface area contributed by atoms with Crippen LogP contribution >= 0.6 is 0 Å². The second kappa shape index (κ2) is 8.11. The zero-order chi connectivity index (χ0) is 21.2. The van der Waals surface area contributed by atoms with Gasteiger partial charge in [0, 0.05) is 37.2 Å². The van der Waals surface area contributed by atoms with Crippen molar-refractivity contribution in [1.82, 2.24) is 24.9 Å². The minimum absolute atomic E-state index is 0.181. The number of aromatic nitrogens is 5. The summed E-state index contributed by atoms with van der Waals surface area (Å²) in [7, 11) is 0. The molecule has 0 aromatic carbocycles. The van der Waals surface area contributed by atoms with Crippen molar-refractivity contribution in [3.63, 3.8) is 0 Å². The Morgan fingerprint density at radius 3 is 2.84 bits per heavy atom. The van der Waals surface area contributed by atoms with Crippen molar-refractivity contribution in [2.75, 3.05) is 29.9 Å². The number of anilines is 3. The highest BCUT2D eigenvalue weighted by atomic mass is 16.5. The van der Waals surface area contributed by atoms with E-state index >= 15 is 0 Å². The fourth-order valence-corrected chi connectivity index (χ4v) is 3.69. The Bertz CT molecular complexity index is 1260. The van der Waals surface area contributed by atoms with E-state index in [9.17, 15) is 4.79 Å². The molecule has 4 aromatic rings. The van der Waals surface area contributed by atoms with E-state index in [-0.39, 0.29) is 11.7 Å². The molecule has 9 nitrogen and oxygen atoms in total. The van der Waals surface area contributed by atoms with Gasteiger partial charge in [0.2, 0.25) is 0 Å². The largest absolute Gasteiger partial charge is 0.375 e. The van der Waals surface area contributed by atoms with Crippen LogP contribution in [0.2, 0.25) is 0 Å². The standard InChI is InChI=1S/C22H21N7O2/c1-14-12-29(6-7-31-14)19-3-2-17(11-26-19)27-21-20-15(4-5-25-22(20)30)8-18(28-21)16-9-23-13-24-10-16/h2-5,8-11,13-14H,6-7,12H2,1H3,(H,25,30)(H,27,28)/t14-/m1/s1. The van der Waals surface area contributed by atoms with Gasteiger partial charge in [0.15, 0.2) is 0 Å². The Balaban J connectivity index is 1.50. The van der Waals surface area contributed by atoms with Crippen LogP contribution in [-0.2, 0) is 4.74 Å². The van der Waals surface area contributed by atoms with Crippen LogP contribution in [0.3, 0.4) is 0 Å². The fraction of sp³-hybridized carbons (Fsp3) is 0.227. The van der Waals surface area contributed by atoms with Crippen LogP contribution in [0.15, 0.2) is 60.2 Å². The highest BCUT2D eigenvalue weighted by Gasteiger charge is 2.18. The van der Waals surface area contributed by atoms with E-state index in [0.717, 1.165) is 35.5 Å². The number of nitrogens with zero attached hydrogens (tertiary/aromatic N) is 5. The summed E-state index contributed by atoms with van der Waals surface area (Å²) in [5.74, 6) is 1.35. The third-order valence-electron chi connectivity index (χ3n) is 5.19. The maximum Gasteiger partial charge on any atom is 0.259 e. The lowest BCUT2D eigenvalue weighted by Gasteiger charge is -2.32. The Morgan fingerprint density at radius 1 is 1.19 bits per heavy atom. The number of fused-ring (bicyclic) bond motifs is 1. The second-order valence-corrected chi connectivity index (χ2v) is 7.41. The van der Waals surface area contributed by atoms with Gasteiger partial charge < -0.3 is 19.9 Å². The molecule has 4 aromatic heterocycles. The van der Waals surface area contributed by atoms with Gasteiger partial charge in [0.05, 0.1) is 35.7 Å². The Hall–Kier alpha value is -3.85. The average molecular weight is 415 g/mol. The van der Waals surface area contributed by atoms with Gasteiger partial charge >= 0.3 is 0 Å². The molecule has 1 atom stereocenters. The molecule has 2 N–H and O–H groups in total. The quantitative estimate of drug-likeness (QED) is 0.524. The molecule has 1 saturated heterocycles. The molecule has 1 aliphatic rings. The molecule has 1 fully saturated rings. The number of hydrogen-bond donors (Lipinski definition) is 2. The summed E-state index contributed by atoms with van der Waals surface area (Å²) in [6.45, 7) is 4.37. The minimum atomic E-state index is -0.213. The number of ether oxygens (including phenoxy) is 1. The van der Waals surface area contributed by atoms with Crippen LogP contribution in [0.5, 0.6) is 0 Å². The predicted octanol–water partition coefficient (Wildman–Crippen LogP) is 2.74. The molecular weight excluding hydrogens is 394 g/mol. The number of pyridine rings is 3. The summed E-state index contributed by atoms with van der Waals surface area (Å²) >= 11 is 0. The van der Waals surface area contributed by atoms with Gasteiger partial charge in [-0.3, -0.25) is 4.79 Å². The van der Waals surface area contributed by atoms with E-state index in [2.05, 4.69) is 42.1 Å². The number of hydrogen-bond acceptors (Lipinski definition) is 8. The van der Waals surface area contributed by atoms with E-state index in [1.807, 2.05) is 24.3 Å². The topological polar surface area (TPSA) is 109 Å². The van der Waals surface area contributed by atoms with Crippen molar-refractivity contribution in [3.05, 3.63) is 65.7 Å². The van der Waals surface area contributed by atoms with Crippen LogP contribution in [-0.4, -0.2) is 50.7 Å². The normalized spacial score (nSPS) is 16.4. The summed E-state index contributed by atoms with van der Waals surface area (Å²) in [6.07, 6.45) is 8.41. The Labute approximate surface area is 178 Å². The van der Waals surface area contributed by atoms with E-state index < -0.39 is 0 Å². The third-order valence-corrected chi connectivity index (χ3v) is 5.19. The van der Waals surface area contributed by atoms with Gasteiger partial charge in [-0.2, -0.15) is 0 Å². The molecule has 31 heavy (non-hydrogen) atoms. The zero-order valence-corrected chi connectivity index (χ0v) is 16.9. The molecule has 0 radical (unpaired) electrons.